The molecule has 2 aromatic rings. The van der Waals surface area contributed by atoms with Gasteiger partial charge in [0.1, 0.15) is 5.75 Å². The smallest absolute Gasteiger partial charge is 0.118 e. The van der Waals surface area contributed by atoms with Crippen LogP contribution in [0.2, 0.25) is 5.02 Å². The molecule has 0 aliphatic carbocycles. The van der Waals surface area contributed by atoms with Crippen molar-refractivity contribution in [3.8, 4) is 5.75 Å². The van der Waals surface area contributed by atoms with Crippen molar-refractivity contribution in [1.29, 1.82) is 0 Å². The van der Waals surface area contributed by atoms with Crippen LogP contribution in [-0.4, -0.2) is 7.11 Å². The Bertz CT molecular complexity index is 528. The molecule has 0 spiro atoms. The lowest BCUT2D eigenvalue weighted by molar-refractivity contribution is 0.414. The van der Waals surface area contributed by atoms with Gasteiger partial charge in [-0.2, -0.15) is 0 Å². The van der Waals surface area contributed by atoms with Crippen molar-refractivity contribution >= 4 is 39.3 Å². The van der Waals surface area contributed by atoms with Gasteiger partial charge in [-0.15, -0.1) is 11.8 Å². The first kappa shape index (κ1) is 13.8. The molecule has 0 N–H and O–H groups in total. The number of hydrogen-bond acceptors (Lipinski definition) is 2. The van der Waals surface area contributed by atoms with Gasteiger partial charge in [0.25, 0.3) is 0 Å². The third-order valence-corrected chi connectivity index (χ3v) is 5.26. The summed E-state index contributed by atoms with van der Waals surface area (Å²) in [6, 6.07) is 14.0. The third-order valence-electron chi connectivity index (χ3n) is 2.47. The van der Waals surface area contributed by atoms with E-state index in [1.54, 1.807) is 18.9 Å². The van der Waals surface area contributed by atoms with Crippen molar-refractivity contribution in [3.05, 3.63) is 57.5 Å². The molecule has 0 aliphatic heterocycles. The molecule has 0 heterocycles. The van der Waals surface area contributed by atoms with Crippen LogP contribution in [0.1, 0.15) is 5.56 Å². The van der Waals surface area contributed by atoms with Crippen LogP contribution in [0.15, 0.2) is 51.8 Å². The van der Waals surface area contributed by atoms with Crippen LogP contribution in [0, 0.1) is 0 Å². The monoisotopic (exact) mass is 342 g/mol. The predicted molar refractivity (Wildman–Crippen MR) is 81.7 cm³/mol. The van der Waals surface area contributed by atoms with Crippen LogP contribution in [0.3, 0.4) is 0 Å². The molecule has 0 atom stereocenters. The largest absolute Gasteiger partial charge is 0.497 e. The minimum Gasteiger partial charge on any atom is -0.497 e. The Balaban J connectivity index is 2.04. The average molecular weight is 344 g/mol. The molecular weight excluding hydrogens is 332 g/mol. The lowest BCUT2D eigenvalue weighted by Crippen LogP contribution is -1.85. The number of rotatable bonds is 4. The normalized spacial score (nSPS) is 10.4. The highest BCUT2D eigenvalue weighted by Gasteiger charge is 2.04. The van der Waals surface area contributed by atoms with E-state index >= 15 is 0 Å². The molecule has 0 aromatic heterocycles. The lowest BCUT2D eigenvalue weighted by Gasteiger charge is -2.06. The van der Waals surface area contributed by atoms with Gasteiger partial charge in [0, 0.05) is 15.1 Å². The summed E-state index contributed by atoms with van der Waals surface area (Å²) in [5.41, 5.74) is 1.26. The Labute approximate surface area is 125 Å². The molecule has 2 rings (SSSR count). The Hall–Kier alpha value is -0.640. The van der Waals surface area contributed by atoms with Crippen molar-refractivity contribution in [3.63, 3.8) is 0 Å². The van der Waals surface area contributed by atoms with Crippen molar-refractivity contribution in [1.82, 2.24) is 0 Å². The molecule has 18 heavy (non-hydrogen) atoms. The summed E-state index contributed by atoms with van der Waals surface area (Å²) in [5, 5.41) is 0.745. The number of ether oxygens (including phenoxy) is 1. The van der Waals surface area contributed by atoms with Gasteiger partial charge < -0.3 is 4.74 Å². The molecule has 2 aromatic carbocycles. The van der Waals surface area contributed by atoms with E-state index in [0.29, 0.717) is 0 Å². The Morgan fingerprint density at radius 1 is 1.17 bits per heavy atom. The molecule has 0 bridgehead atoms. The van der Waals surface area contributed by atoms with Crippen LogP contribution in [-0.2, 0) is 5.75 Å². The maximum absolute atomic E-state index is 6.06. The summed E-state index contributed by atoms with van der Waals surface area (Å²) >= 11 is 11.3. The first-order valence-electron chi connectivity index (χ1n) is 5.40. The minimum absolute atomic E-state index is 0.745. The zero-order chi connectivity index (χ0) is 13.0. The van der Waals surface area contributed by atoms with E-state index in [9.17, 15) is 0 Å². The average Bonchev–Trinajstić information content (AvgIpc) is 2.41. The molecule has 0 unspecified atom stereocenters. The quantitative estimate of drug-likeness (QED) is 0.687. The summed E-state index contributed by atoms with van der Waals surface area (Å²) < 4.78 is 6.10. The summed E-state index contributed by atoms with van der Waals surface area (Å²) in [5.74, 6) is 1.79. The van der Waals surface area contributed by atoms with Crippen LogP contribution in [0.5, 0.6) is 5.75 Å². The van der Waals surface area contributed by atoms with Crippen molar-refractivity contribution in [2.45, 2.75) is 10.6 Å². The van der Waals surface area contributed by atoms with Crippen LogP contribution >= 0.6 is 39.3 Å². The lowest BCUT2D eigenvalue weighted by atomic mass is 10.2. The second-order valence-corrected chi connectivity index (χ2v) is 5.91. The molecule has 0 aliphatic rings. The molecule has 0 fully saturated rings. The first-order chi connectivity index (χ1) is 8.70. The fourth-order valence-electron chi connectivity index (χ4n) is 1.48. The van der Waals surface area contributed by atoms with Crippen LogP contribution < -0.4 is 4.74 Å². The van der Waals surface area contributed by atoms with E-state index in [1.807, 2.05) is 24.3 Å². The van der Waals surface area contributed by atoms with Gasteiger partial charge in [-0.05, 0) is 45.8 Å². The van der Waals surface area contributed by atoms with Gasteiger partial charge in [0.2, 0.25) is 0 Å². The molecule has 0 radical (unpaired) electrons. The van der Waals surface area contributed by atoms with Gasteiger partial charge in [-0.1, -0.05) is 29.8 Å². The Kier molecular flexibility index (Phi) is 4.98. The minimum atomic E-state index is 0.745. The standard InChI is InChI=1S/C14H12BrClOS/c1-17-11-7-5-10(6-8-11)9-18-13-4-2-3-12(16)14(13)15/h2-8H,9H2,1H3. The Morgan fingerprint density at radius 3 is 2.56 bits per heavy atom. The SMILES string of the molecule is COc1ccc(CSc2cccc(Cl)c2Br)cc1. The number of benzene rings is 2. The highest BCUT2D eigenvalue weighted by atomic mass is 79.9. The third kappa shape index (κ3) is 3.44. The number of halogens is 2. The highest BCUT2D eigenvalue weighted by molar-refractivity contribution is 9.10. The molecule has 1 nitrogen and oxygen atoms in total. The maximum atomic E-state index is 6.06. The summed E-state index contributed by atoms with van der Waals surface area (Å²) in [7, 11) is 1.67. The predicted octanol–water partition coefficient (Wildman–Crippen LogP) is 5.40. The maximum Gasteiger partial charge on any atom is 0.118 e. The molecule has 94 valence electrons. The zero-order valence-electron chi connectivity index (χ0n) is 9.82. The summed E-state index contributed by atoms with van der Waals surface area (Å²) in [4.78, 5) is 1.15. The molecular formula is C14H12BrClOS. The topological polar surface area (TPSA) is 9.23 Å². The highest BCUT2D eigenvalue weighted by Crippen LogP contribution is 2.34. The summed E-state index contributed by atoms with van der Waals surface area (Å²) in [6.45, 7) is 0. The fourth-order valence-corrected chi connectivity index (χ4v) is 3.24. The van der Waals surface area contributed by atoms with Crippen molar-refractivity contribution in [2.24, 2.45) is 0 Å². The second kappa shape index (κ2) is 6.50. The van der Waals surface area contributed by atoms with Gasteiger partial charge >= 0.3 is 0 Å². The number of hydrogen-bond donors (Lipinski definition) is 0. The first-order valence-corrected chi connectivity index (χ1v) is 7.56. The van der Waals surface area contributed by atoms with E-state index in [2.05, 4.69) is 34.1 Å². The van der Waals surface area contributed by atoms with E-state index in [0.717, 1.165) is 25.9 Å². The van der Waals surface area contributed by atoms with E-state index in [4.69, 9.17) is 16.3 Å². The molecule has 0 saturated heterocycles. The van der Waals surface area contributed by atoms with Gasteiger partial charge in [-0.25, -0.2) is 0 Å². The number of thioether (sulfide) groups is 1. The van der Waals surface area contributed by atoms with E-state index in [-0.39, 0.29) is 0 Å². The second-order valence-electron chi connectivity index (χ2n) is 3.69. The number of methoxy groups -OCH3 is 1. The van der Waals surface area contributed by atoms with Crippen molar-refractivity contribution < 1.29 is 4.74 Å². The molecule has 0 saturated carbocycles. The van der Waals surface area contributed by atoms with E-state index < -0.39 is 0 Å². The van der Waals surface area contributed by atoms with Gasteiger partial charge in [0.15, 0.2) is 0 Å². The van der Waals surface area contributed by atoms with Crippen LogP contribution in [0.4, 0.5) is 0 Å². The van der Waals surface area contributed by atoms with Crippen LogP contribution in [0.25, 0.3) is 0 Å². The van der Waals surface area contributed by atoms with Gasteiger partial charge in [0.05, 0.1) is 12.1 Å². The van der Waals surface area contributed by atoms with Gasteiger partial charge in [-0.3, -0.25) is 0 Å². The zero-order valence-corrected chi connectivity index (χ0v) is 13.0. The van der Waals surface area contributed by atoms with E-state index in [1.165, 1.54) is 5.56 Å². The fraction of sp³-hybridized carbons (Fsp3) is 0.143. The molecule has 0 amide bonds. The Morgan fingerprint density at radius 2 is 1.89 bits per heavy atom. The summed E-state index contributed by atoms with van der Waals surface area (Å²) in [6.07, 6.45) is 0. The molecule has 4 heteroatoms. The van der Waals surface area contributed by atoms with Crippen molar-refractivity contribution in [2.75, 3.05) is 7.11 Å².